The van der Waals surface area contributed by atoms with E-state index in [1.54, 1.807) is 5.57 Å². The Balaban J connectivity index is 1.48. The van der Waals surface area contributed by atoms with Crippen molar-refractivity contribution in [2.45, 2.75) is 45.6 Å². The fourth-order valence-corrected chi connectivity index (χ4v) is 3.72. The molecule has 0 unspecified atom stereocenters. The summed E-state index contributed by atoms with van der Waals surface area (Å²) in [4.78, 5) is 14.1. The molecule has 0 bridgehead atoms. The van der Waals surface area contributed by atoms with E-state index in [-0.39, 0.29) is 0 Å². The molecular formula is C22H36N6. The van der Waals surface area contributed by atoms with Crippen LogP contribution in [0.5, 0.6) is 0 Å². The molecule has 6 nitrogen and oxygen atoms in total. The molecule has 1 saturated heterocycles. The summed E-state index contributed by atoms with van der Waals surface area (Å²) in [7, 11) is 2.17. The highest BCUT2D eigenvalue weighted by Gasteiger charge is 2.14. The van der Waals surface area contributed by atoms with Gasteiger partial charge in [0.2, 0.25) is 0 Å². The van der Waals surface area contributed by atoms with E-state index in [2.05, 4.69) is 57.6 Å². The standard InChI is InChI=1S/C22H36N6/c1-3-23-22(24-12-11-19-7-5-4-6-8-19)26-18-20-9-10-21(25-17-20)28-15-13-27(2)14-16-28/h7,9-10,17H,3-6,8,11-16,18H2,1-2H3,(H2,23,24,26). The molecule has 0 atom stereocenters. The van der Waals surface area contributed by atoms with Crippen LogP contribution in [-0.4, -0.2) is 62.2 Å². The summed E-state index contributed by atoms with van der Waals surface area (Å²) in [6, 6.07) is 4.28. The first-order valence-electron chi connectivity index (χ1n) is 10.8. The molecule has 2 heterocycles. The smallest absolute Gasteiger partial charge is 0.191 e. The number of allylic oxidation sites excluding steroid dienone is 1. The highest BCUT2D eigenvalue weighted by Crippen LogP contribution is 2.19. The first-order chi connectivity index (χ1) is 13.7. The van der Waals surface area contributed by atoms with Crippen molar-refractivity contribution in [3.63, 3.8) is 0 Å². The minimum atomic E-state index is 0.647. The maximum atomic E-state index is 4.73. The van der Waals surface area contributed by atoms with E-state index in [4.69, 9.17) is 4.99 Å². The van der Waals surface area contributed by atoms with Crippen molar-refractivity contribution in [2.24, 2.45) is 4.99 Å². The number of anilines is 1. The van der Waals surface area contributed by atoms with Crippen LogP contribution >= 0.6 is 0 Å². The van der Waals surface area contributed by atoms with Crippen molar-refractivity contribution in [3.05, 3.63) is 35.5 Å². The molecule has 1 fully saturated rings. The van der Waals surface area contributed by atoms with E-state index in [1.165, 1.54) is 25.7 Å². The largest absolute Gasteiger partial charge is 0.357 e. The first-order valence-corrected chi connectivity index (χ1v) is 10.8. The van der Waals surface area contributed by atoms with Crippen molar-refractivity contribution in [2.75, 3.05) is 51.2 Å². The molecule has 2 aliphatic rings. The quantitative estimate of drug-likeness (QED) is 0.430. The van der Waals surface area contributed by atoms with E-state index < -0.39 is 0 Å². The maximum absolute atomic E-state index is 4.73. The predicted molar refractivity (Wildman–Crippen MR) is 118 cm³/mol. The summed E-state index contributed by atoms with van der Waals surface area (Å²) < 4.78 is 0. The Hall–Kier alpha value is -2.08. The second-order valence-electron chi connectivity index (χ2n) is 7.80. The summed E-state index contributed by atoms with van der Waals surface area (Å²) in [6.45, 7) is 8.86. The summed E-state index contributed by atoms with van der Waals surface area (Å²) in [6.07, 6.45) is 10.7. The van der Waals surface area contributed by atoms with Gasteiger partial charge < -0.3 is 20.4 Å². The van der Waals surface area contributed by atoms with Crippen molar-refractivity contribution in [1.29, 1.82) is 0 Å². The second-order valence-corrected chi connectivity index (χ2v) is 7.80. The lowest BCUT2D eigenvalue weighted by atomic mass is 9.97. The Labute approximate surface area is 170 Å². The molecule has 2 N–H and O–H groups in total. The van der Waals surface area contributed by atoms with Gasteiger partial charge in [0.25, 0.3) is 0 Å². The predicted octanol–water partition coefficient (Wildman–Crippen LogP) is 2.78. The van der Waals surface area contributed by atoms with Crippen LogP contribution in [0.15, 0.2) is 35.0 Å². The van der Waals surface area contributed by atoms with Gasteiger partial charge in [0, 0.05) is 45.5 Å². The number of aromatic nitrogens is 1. The number of rotatable bonds is 7. The van der Waals surface area contributed by atoms with Gasteiger partial charge in [-0.3, -0.25) is 0 Å². The van der Waals surface area contributed by atoms with E-state index >= 15 is 0 Å². The first kappa shape index (κ1) is 20.6. The molecule has 1 aromatic heterocycles. The van der Waals surface area contributed by atoms with Crippen LogP contribution in [0.25, 0.3) is 0 Å². The normalized spacial score (nSPS) is 18.7. The van der Waals surface area contributed by atoms with E-state index in [0.717, 1.165) is 63.0 Å². The van der Waals surface area contributed by atoms with Crippen LogP contribution in [0.2, 0.25) is 0 Å². The fraction of sp³-hybridized carbons (Fsp3) is 0.636. The zero-order valence-electron chi connectivity index (χ0n) is 17.6. The SMILES string of the molecule is CCNC(=NCc1ccc(N2CCN(C)CC2)nc1)NCCC1=CCCCC1. The van der Waals surface area contributed by atoms with Crippen molar-refractivity contribution in [3.8, 4) is 0 Å². The highest BCUT2D eigenvalue weighted by atomic mass is 15.3. The zero-order valence-corrected chi connectivity index (χ0v) is 17.6. The topological polar surface area (TPSA) is 55.8 Å². The summed E-state index contributed by atoms with van der Waals surface area (Å²) in [5.41, 5.74) is 2.74. The number of guanidine groups is 1. The number of pyridine rings is 1. The number of hydrogen-bond donors (Lipinski definition) is 2. The lowest BCUT2D eigenvalue weighted by Gasteiger charge is -2.33. The Morgan fingerprint density at radius 3 is 2.68 bits per heavy atom. The third-order valence-electron chi connectivity index (χ3n) is 5.52. The van der Waals surface area contributed by atoms with Gasteiger partial charge in [0.15, 0.2) is 5.96 Å². The minimum Gasteiger partial charge on any atom is -0.357 e. The van der Waals surface area contributed by atoms with Crippen LogP contribution in [0.3, 0.4) is 0 Å². The second kappa shape index (κ2) is 11.1. The van der Waals surface area contributed by atoms with Gasteiger partial charge in [-0.1, -0.05) is 17.7 Å². The minimum absolute atomic E-state index is 0.647. The van der Waals surface area contributed by atoms with Gasteiger partial charge >= 0.3 is 0 Å². The number of aliphatic imine (C=N–C) groups is 1. The fourth-order valence-electron chi connectivity index (χ4n) is 3.72. The Bertz CT molecular complexity index is 643. The molecule has 3 rings (SSSR count). The van der Waals surface area contributed by atoms with Gasteiger partial charge in [-0.05, 0) is 57.7 Å². The van der Waals surface area contributed by atoms with E-state index in [9.17, 15) is 0 Å². The lowest BCUT2D eigenvalue weighted by Crippen LogP contribution is -2.44. The molecule has 0 spiro atoms. The van der Waals surface area contributed by atoms with E-state index in [1.807, 2.05) is 6.20 Å². The average Bonchev–Trinajstić information content (AvgIpc) is 2.74. The molecule has 28 heavy (non-hydrogen) atoms. The molecule has 0 aromatic carbocycles. The molecule has 1 aromatic rings. The number of nitrogens with one attached hydrogen (secondary N) is 2. The van der Waals surface area contributed by atoms with Crippen LogP contribution < -0.4 is 15.5 Å². The zero-order chi connectivity index (χ0) is 19.6. The average molecular weight is 385 g/mol. The third-order valence-corrected chi connectivity index (χ3v) is 5.52. The van der Waals surface area contributed by atoms with Gasteiger partial charge in [0.1, 0.15) is 5.82 Å². The van der Waals surface area contributed by atoms with Crippen LogP contribution in [0.1, 0.15) is 44.6 Å². The molecule has 0 amide bonds. The lowest BCUT2D eigenvalue weighted by molar-refractivity contribution is 0.312. The summed E-state index contributed by atoms with van der Waals surface area (Å²) >= 11 is 0. The van der Waals surface area contributed by atoms with Crippen LogP contribution in [-0.2, 0) is 6.54 Å². The monoisotopic (exact) mass is 384 g/mol. The van der Waals surface area contributed by atoms with Gasteiger partial charge in [-0.25, -0.2) is 9.98 Å². The number of nitrogens with zero attached hydrogens (tertiary/aromatic N) is 4. The van der Waals surface area contributed by atoms with E-state index in [0.29, 0.717) is 6.54 Å². The number of likely N-dealkylation sites (N-methyl/N-ethyl adjacent to an activating group) is 1. The molecular weight excluding hydrogens is 348 g/mol. The number of piperazine rings is 1. The molecule has 0 radical (unpaired) electrons. The third kappa shape index (κ3) is 6.51. The van der Waals surface area contributed by atoms with Crippen molar-refractivity contribution >= 4 is 11.8 Å². The summed E-state index contributed by atoms with van der Waals surface area (Å²) in [5, 5.41) is 6.81. The highest BCUT2D eigenvalue weighted by molar-refractivity contribution is 5.79. The van der Waals surface area contributed by atoms with Crippen LogP contribution in [0, 0.1) is 0 Å². The van der Waals surface area contributed by atoms with Gasteiger partial charge in [-0.15, -0.1) is 0 Å². The molecule has 1 aliphatic heterocycles. The molecule has 6 heteroatoms. The Morgan fingerprint density at radius 2 is 2.00 bits per heavy atom. The van der Waals surface area contributed by atoms with Gasteiger partial charge in [-0.2, -0.15) is 0 Å². The molecule has 1 aliphatic carbocycles. The van der Waals surface area contributed by atoms with Gasteiger partial charge in [0.05, 0.1) is 6.54 Å². The van der Waals surface area contributed by atoms with Crippen molar-refractivity contribution < 1.29 is 0 Å². The Morgan fingerprint density at radius 1 is 1.14 bits per heavy atom. The molecule has 154 valence electrons. The van der Waals surface area contributed by atoms with Crippen LogP contribution in [0.4, 0.5) is 5.82 Å². The Kier molecular flexibility index (Phi) is 8.15. The number of hydrogen-bond acceptors (Lipinski definition) is 4. The summed E-state index contributed by atoms with van der Waals surface area (Å²) in [5.74, 6) is 1.97. The maximum Gasteiger partial charge on any atom is 0.191 e. The van der Waals surface area contributed by atoms with Crippen molar-refractivity contribution in [1.82, 2.24) is 20.5 Å². The molecule has 0 saturated carbocycles.